The zero-order valence-corrected chi connectivity index (χ0v) is 20.8. The SMILES string of the molecule is COc1ccc(C2c3[nH]c4ccc(Br)cc4c3CC3C(=O)N(c4ccc(F)cc4F)C(=S)N32)cc1. The third-order valence-electron chi connectivity index (χ3n) is 6.69. The molecule has 0 radical (unpaired) electrons. The number of fused-ring (bicyclic) bond motifs is 4. The van der Waals surface area contributed by atoms with Gasteiger partial charge in [-0.25, -0.2) is 8.78 Å². The predicted octanol–water partition coefficient (Wildman–Crippen LogP) is 5.87. The van der Waals surface area contributed by atoms with Gasteiger partial charge in [-0.05, 0) is 65.8 Å². The Balaban J connectivity index is 1.54. The average molecular weight is 554 g/mol. The van der Waals surface area contributed by atoms with E-state index in [1.54, 1.807) is 7.11 Å². The van der Waals surface area contributed by atoms with Crippen molar-refractivity contribution in [3.8, 4) is 5.75 Å². The molecule has 0 bridgehead atoms. The highest BCUT2D eigenvalue weighted by atomic mass is 79.9. The van der Waals surface area contributed by atoms with E-state index in [4.69, 9.17) is 17.0 Å². The van der Waals surface area contributed by atoms with Gasteiger partial charge in [0.1, 0.15) is 23.4 Å². The molecule has 3 aromatic carbocycles. The van der Waals surface area contributed by atoms with Gasteiger partial charge in [0, 0.05) is 33.6 Å². The zero-order chi connectivity index (χ0) is 24.4. The first-order chi connectivity index (χ1) is 16.9. The fraction of sp³-hybridized carbons (Fsp3) is 0.154. The fourth-order valence-electron chi connectivity index (χ4n) is 5.11. The Morgan fingerprint density at radius 1 is 1.09 bits per heavy atom. The summed E-state index contributed by atoms with van der Waals surface area (Å²) < 4.78 is 34.6. The van der Waals surface area contributed by atoms with Gasteiger partial charge in [0.05, 0.1) is 18.8 Å². The van der Waals surface area contributed by atoms with Gasteiger partial charge in [-0.3, -0.25) is 9.69 Å². The molecule has 4 aromatic rings. The van der Waals surface area contributed by atoms with Crippen LogP contribution in [0.2, 0.25) is 0 Å². The van der Waals surface area contributed by atoms with Crippen molar-refractivity contribution in [3.05, 3.63) is 93.6 Å². The Hall–Kier alpha value is -3.30. The number of ether oxygens (including phenoxy) is 1. The number of H-pyrrole nitrogens is 1. The number of halogens is 3. The summed E-state index contributed by atoms with van der Waals surface area (Å²) in [5.74, 6) is -1.19. The molecule has 6 rings (SSSR count). The van der Waals surface area contributed by atoms with E-state index in [1.165, 1.54) is 11.0 Å². The van der Waals surface area contributed by atoms with Crippen molar-refractivity contribution in [3.63, 3.8) is 0 Å². The highest BCUT2D eigenvalue weighted by Crippen LogP contribution is 2.45. The van der Waals surface area contributed by atoms with E-state index >= 15 is 0 Å². The Morgan fingerprint density at radius 3 is 2.57 bits per heavy atom. The van der Waals surface area contributed by atoms with Gasteiger partial charge in [0.15, 0.2) is 5.11 Å². The number of aromatic nitrogens is 1. The van der Waals surface area contributed by atoms with Crippen molar-refractivity contribution < 1.29 is 18.3 Å². The number of carbonyl (C=O) groups excluding carboxylic acids is 1. The number of aromatic amines is 1. The molecule has 1 saturated heterocycles. The van der Waals surface area contributed by atoms with Gasteiger partial charge in [0.25, 0.3) is 5.91 Å². The Morgan fingerprint density at radius 2 is 1.86 bits per heavy atom. The summed E-state index contributed by atoms with van der Waals surface area (Å²) in [4.78, 5) is 20.3. The van der Waals surface area contributed by atoms with E-state index < -0.39 is 23.7 Å². The molecule has 0 aliphatic carbocycles. The van der Waals surface area contributed by atoms with Crippen LogP contribution in [0.1, 0.15) is 22.9 Å². The number of hydrogen-bond acceptors (Lipinski definition) is 3. The first kappa shape index (κ1) is 22.2. The lowest BCUT2D eigenvalue weighted by molar-refractivity contribution is -0.120. The molecule has 176 valence electrons. The molecule has 1 fully saturated rings. The molecule has 35 heavy (non-hydrogen) atoms. The fourth-order valence-corrected chi connectivity index (χ4v) is 5.89. The van der Waals surface area contributed by atoms with Crippen molar-refractivity contribution in [2.24, 2.45) is 0 Å². The molecule has 1 aromatic heterocycles. The molecular formula is C26H18BrF2N3O2S. The molecule has 2 unspecified atom stereocenters. The van der Waals surface area contributed by atoms with Gasteiger partial charge in [0.2, 0.25) is 0 Å². The highest BCUT2D eigenvalue weighted by molar-refractivity contribution is 9.10. The van der Waals surface area contributed by atoms with Gasteiger partial charge in [-0.15, -0.1) is 0 Å². The molecular weight excluding hydrogens is 536 g/mol. The van der Waals surface area contributed by atoms with Crippen LogP contribution in [0.3, 0.4) is 0 Å². The monoisotopic (exact) mass is 553 g/mol. The number of nitrogens with one attached hydrogen (secondary N) is 1. The topological polar surface area (TPSA) is 48.6 Å². The van der Waals surface area contributed by atoms with Crippen LogP contribution >= 0.6 is 28.1 Å². The van der Waals surface area contributed by atoms with Crippen LogP contribution in [0.5, 0.6) is 5.75 Å². The first-order valence-corrected chi connectivity index (χ1v) is 12.1. The van der Waals surface area contributed by atoms with Crippen LogP contribution in [-0.4, -0.2) is 34.1 Å². The molecule has 3 heterocycles. The van der Waals surface area contributed by atoms with Crippen molar-refractivity contribution in [2.75, 3.05) is 12.0 Å². The normalized spacial score (nSPS) is 19.3. The van der Waals surface area contributed by atoms with Crippen LogP contribution in [-0.2, 0) is 11.2 Å². The standard InChI is InChI=1S/C26H18BrF2N3O2S/c1-34-16-6-2-13(3-7-16)24-23-18(17-10-14(27)4-8-20(17)30-23)12-22-25(33)32(26(35)31(22)24)21-9-5-15(28)11-19(21)29/h2-11,22,24,30H,12H2,1H3. The largest absolute Gasteiger partial charge is 0.497 e. The molecule has 1 N–H and O–H groups in total. The van der Waals surface area contributed by atoms with Crippen molar-refractivity contribution in [2.45, 2.75) is 18.5 Å². The smallest absolute Gasteiger partial charge is 0.256 e. The summed E-state index contributed by atoms with van der Waals surface area (Å²) in [6.45, 7) is 0. The first-order valence-electron chi connectivity index (χ1n) is 10.9. The lowest BCUT2D eigenvalue weighted by atomic mass is 9.89. The quantitative estimate of drug-likeness (QED) is 0.322. The van der Waals surface area contributed by atoms with Crippen molar-refractivity contribution in [1.82, 2.24) is 9.88 Å². The summed E-state index contributed by atoms with van der Waals surface area (Å²) >= 11 is 9.32. The van der Waals surface area contributed by atoms with Crippen molar-refractivity contribution in [1.29, 1.82) is 0 Å². The lowest BCUT2D eigenvalue weighted by Gasteiger charge is -2.37. The van der Waals surface area contributed by atoms with E-state index in [0.29, 0.717) is 12.2 Å². The Labute approximate surface area is 213 Å². The second kappa shape index (κ2) is 8.13. The van der Waals surface area contributed by atoms with E-state index in [2.05, 4.69) is 20.9 Å². The van der Waals surface area contributed by atoms with E-state index in [1.807, 2.05) is 47.4 Å². The van der Waals surface area contributed by atoms with Gasteiger partial charge < -0.3 is 14.6 Å². The number of carbonyl (C=O) groups is 1. The molecule has 0 spiro atoms. The molecule has 0 saturated carbocycles. The minimum absolute atomic E-state index is 0.0551. The van der Waals surface area contributed by atoms with E-state index in [-0.39, 0.29) is 16.7 Å². The summed E-state index contributed by atoms with van der Waals surface area (Å²) in [6.07, 6.45) is 0.400. The van der Waals surface area contributed by atoms with Crippen LogP contribution < -0.4 is 9.64 Å². The van der Waals surface area contributed by atoms with Gasteiger partial charge >= 0.3 is 0 Å². The summed E-state index contributed by atoms with van der Waals surface area (Å²) in [5.41, 5.74) is 3.74. The molecule has 1 amide bonds. The molecule has 5 nitrogen and oxygen atoms in total. The Kier molecular flexibility index (Phi) is 5.16. The predicted molar refractivity (Wildman–Crippen MR) is 137 cm³/mol. The van der Waals surface area contributed by atoms with Crippen LogP contribution in [0.15, 0.2) is 65.1 Å². The molecule has 9 heteroatoms. The van der Waals surface area contributed by atoms with Crippen LogP contribution in [0.4, 0.5) is 14.5 Å². The minimum atomic E-state index is -0.838. The lowest BCUT2D eigenvalue weighted by Crippen LogP contribution is -2.44. The average Bonchev–Trinajstić information content (AvgIpc) is 3.32. The van der Waals surface area contributed by atoms with Crippen LogP contribution in [0, 0.1) is 11.6 Å². The van der Waals surface area contributed by atoms with E-state index in [9.17, 15) is 13.6 Å². The molecule has 2 atom stereocenters. The maximum Gasteiger partial charge on any atom is 0.256 e. The number of anilines is 1. The highest BCUT2D eigenvalue weighted by Gasteiger charge is 2.51. The van der Waals surface area contributed by atoms with Gasteiger partial charge in [-0.2, -0.15) is 0 Å². The number of benzene rings is 3. The van der Waals surface area contributed by atoms with Crippen molar-refractivity contribution >= 4 is 55.8 Å². The number of nitrogens with zero attached hydrogens (tertiary/aromatic N) is 2. The maximum absolute atomic E-state index is 14.7. The summed E-state index contributed by atoms with van der Waals surface area (Å²) in [5, 5.41) is 1.19. The third-order valence-corrected chi connectivity index (χ3v) is 7.57. The second-order valence-electron chi connectivity index (χ2n) is 8.56. The summed E-state index contributed by atoms with van der Waals surface area (Å²) in [7, 11) is 1.60. The number of hydrogen-bond donors (Lipinski definition) is 1. The zero-order valence-electron chi connectivity index (χ0n) is 18.4. The molecule has 2 aliphatic heterocycles. The third kappa shape index (κ3) is 3.36. The number of rotatable bonds is 3. The molecule has 2 aliphatic rings. The van der Waals surface area contributed by atoms with Gasteiger partial charge in [-0.1, -0.05) is 28.1 Å². The minimum Gasteiger partial charge on any atom is -0.497 e. The maximum atomic E-state index is 14.7. The summed E-state index contributed by atoms with van der Waals surface area (Å²) in [6, 6.07) is 15.7. The number of methoxy groups -OCH3 is 1. The van der Waals surface area contributed by atoms with E-state index in [0.717, 1.165) is 44.3 Å². The Bertz CT molecular complexity index is 1520. The number of thiocarbonyl (C=S) groups is 1. The second-order valence-corrected chi connectivity index (χ2v) is 9.84. The van der Waals surface area contributed by atoms with Crippen LogP contribution in [0.25, 0.3) is 10.9 Å². The number of amides is 1.